The Balaban J connectivity index is 2.21. The number of sulfonamides is 1. The molecule has 2 atom stereocenters. The predicted octanol–water partition coefficient (Wildman–Crippen LogP) is 2.25. The Kier molecular flexibility index (Phi) is 6.03. The fourth-order valence-electron chi connectivity index (χ4n) is 3.24. The number of rotatable bonds is 5. The van der Waals surface area contributed by atoms with Crippen molar-refractivity contribution in [1.82, 2.24) is 9.62 Å². The molecule has 0 saturated heterocycles. The summed E-state index contributed by atoms with van der Waals surface area (Å²) in [5.41, 5.74) is 0.374. The highest BCUT2D eigenvalue weighted by Crippen LogP contribution is 2.28. The van der Waals surface area contributed by atoms with Crippen LogP contribution in [0.15, 0.2) is 29.2 Å². The van der Waals surface area contributed by atoms with Crippen LogP contribution in [-0.2, 0) is 10.0 Å². The van der Waals surface area contributed by atoms with Crippen molar-refractivity contribution in [3.05, 3.63) is 29.8 Å². The number of nitrogens with zero attached hydrogens (tertiary/aromatic N) is 1. The van der Waals surface area contributed by atoms with Gasteiger partial charge in [-0.25, -0.2) is 8.42 Å². The van der Waals surface area contributed by atoms with Gasteiger partial charge >= 0.3 is 0 Å². The maximum atomic E-state index is 12.8. The smallest absolute Gasteiger partial charge is 0.253 e. The van der Waals surface area contributed by atoms with Crippen LogP contribution in [0.4, 0.5) is 0 Å². The fraction of sp³-hybridized carbons (Fsp3) is 0.500. The van der Waals surface area contributed by atoms with Crippen LogP contribution < -0.4 is 4.72 Å². The summed E-state index contributed by atoms with van der Waals surface area (Å²) in [6.07, 6.45) is 9.52. The second-order valence-electron chi connectivity index (χ2n) is 6.30. The predicted molar refractivity (Wildman–Crippen MR) is 94.0 cm³/mol. The number of amides is 1. The van der Waals surface area contributed by atoms with E-state index in [0.717, 1.165) is 19.3 Å². The average Bonchev–Trinajstić information content (AvgIpc) is 2.59. The zero-order chi connectivity index (χ0) is 17.7. The second kappa shape index (κ2) is 7.82. The van der Waals surface area contributed by atoms with Gasteiger partial charge in [-0.05, 0) is 37.0 Å². The Bertz CT molecular complexity index is 737. The van der Waals surface area contributed by atoms with E-state index in [1.165, 1.54) is 18.6 Å². The first-order valence-electron chi connectivity index (χ1n) is 8.17. The summed E-state index contributed by atoms with van der Waals surface area (Å²) in [7, 11) is -1.90. The summed E-state index contributed by atoms with van der Waals surface area (Å²) >= 11 is 0. The molecule has 1 aliphatic rings. The maximum Gasteiger partial charge on any atom is 0.253 e. The van der Waals surface area contributed by atoms with Gasteiger partial charge in [0.25, 0.3) is 5.91 Å². The molecule has 1 aliphatic carbocycles. The van der Waals surface area contributed by atoms with E-state index in [1.807, 2.05) is 0 Å². The fourth-order valence-corrected chi connectivity index (χ4v) is 4.22. The van der Waals surface area contributed by atoms with E-state index < -0.39 is 10.0 Å². The number of benzene rings is 1. The van der Waals surface area contributed by atoms with Gasteiger partial charge in [0, 0.05) is 18.7 Å². The molecule has 1 N–H and O–H groups in total. The van der Waals surface area contributed by atoms with Gasteiger partial charge in [0.15, 0.2) is 0 Å². The van der Waals surface area contributed by atoms with E-state index in [2.05, 4.69) is 17.6 Å². The molecule has 1 saturated carbocycles. The molecule has 1 amide bonds. The molecule has 0 radical (unpaired) electrons. The van der Waals surface area contributed by atoms with Gasteiger partial charge in [-0.15, -0.1) is 6.42 Å². The van der Waals surface area contributed by atoms with Crippen molar-refractivity contribution in [2.75, 3.05) is 13.6 Å². The number of hydrogen-bond donors (Lipinski definition) is 1. The first-order chi connectivity index (χ1) is 11.4. The second-order valence-corrected chi connectivity index (χ2v) is 8.07. The lowest BCUT2D eigenvalue weighted by atomic mass is 9.85. The minimum absolute atomic E-state index is 0.0497. The lowest BCUT2D eigenvalue weighted by molar-refractivity contribution is 0.0628. The Labute approximate surface area is 144 Å². The van der Waals surface area contributed by atoms with Crippen LogP contribution in [0.3, 0.4) is 0 Å². The van der Waals surface area contributed by atoms with Gasteiger partial charge < -0.3 is 4.90 Å². The Morgan fingerprint density at radius 1 is 1.38 bits per heavy atom. The van der Waals surface area contributed by atoms with E-state index in [1.54, 1.807) is 24.1 Å². The molecule has 6 heteroatoms. The van der Waals surface area contributed by atoms with Crippen LogP contribution in [0, 0.1) is 18.3 Å². The van der Waals surface area contributed by atoms with Crippen molar-refractivity contribution >= 4 is 15.9 Å². The number of carbonyl (C=O) groups is 1. The summed E-state index contributed by atoms with van der Waals surface area (Å²) in [5, 5.41) is 0. The van der Waals surface area contributed by atoms with Crippen LogP contribution in [-0.4, -0.2) is 38.9 Å². The van der Waals surface area contributed by atoms with E-state index in [0.29, 0.717) is 11.5 Å². The Hall–Kier alpha value is -1.84. The average molecular weight is 348 g/mol. The van der Waals surface area contributed by atoms with Crippen LogP contribution in [0.5, 0.6) is 0 Å². The molecule has 1 aromatic rings. The molecule has 2 unspecified atom stereocenters. The van der Waals surface area contributed by atoms with Gasteiger partial charge in [-0.2, -0.15) is 4.72 Å². The Morgan fingerprint density at radius 3 is 2.75 bits per heavy atom. The van der Waals surface area contributed by atoms with Crippen molar-refractivity contribution in [1.29, 1.82) is 0 Å². The Morgan fingerprint density at radius 2 is 2.08 bits per heavy atom. The maximum absolute atomic E-state index is 12.8. The molecular weight excluding hydrogens is 324 g/mol. The molecule has 1 aromatic carbocycles. The number of hydrogen-bond acceptors (Lipinski definition) is 3. The van der Waals surface area contributed by atoms with E-state index >= 15 is 0 Å². The normalized spacial score (nSPS) is 21.0. The summed E-state index contributed by atoms with van der Waals surface area (Å²) in [5.74, 6) is 2.54. The standard InChI is InChI=1S/C18H24N2O3S/c1-4-12-19-24(22,23)16-10-7-9-15(13-16)18(21)20(3)17-11-6-5-8-14(17)2/h1,7,9-10,13-14,17,19H,5-6,8,11-12H2,2-3H3. The molecular formula is C18H24N2O3S. The third-order valence-corrected chi connectivity index (χ3v) is 6.04. The van der Waals surface area contributed by atoms with Crippen molar-refractivity contribution in [2.45, 2.75) is 43.5 Å². The molecule has 5 nitrogen and oxygen atoms in total. The van der Waals surface area contributed by atoms with Crippen molar-refractivity contribution < 1.29 is 13.2 Å². The summed E-state index contributed by atoms with van der Waals surface area (Å²) in [6.45, 7) is 2.08. The molecule has 24 heavy (non-hydrogen) atoms. The number of terminal acetylenes is 1. The van der Waals surface area contributed by atoms with Gasteiger partial charge in [0.1, 0.15) is 0 Å². The van der Waals surface area contributed by atoms with E-state index in [-0.39, 0.29) is 23.4 Å². The highest BCUT2D eigenvalue weighted by atomic mass is 32.2. The highest BCUT2D eigenvalue weighted by molar-refractivity contribution is 7.89. The van der Waals surface area contributed by atoms with Crippen molar-refractivity contribution in [3.8, 4) is 12.3 Å². The molecule has 130 valence electrons. The third-order valence-electron chi connectivity index (χ3n) is 4.64. The molecule has 0 spiro atoms. The zero-order valence-electron chi connectivity index (χ0n) is 14.2. The van der Waals surface area contributed by atoms with Gasteiger partial charge in [0.2, 0.25) is 10.0 Å². The van der Waals surface area contributed by atoms with Crippen LogP contribution in [0.25, 0.3) is 0 Å². The SMILES string of the molecule is C#CCNS(=O)(=O)c1cccc(C(=O)N(C)C2CCCCC2C)c1. The number of nitrogens with one attached hydrogen (secondary N) is 1. The first kappa shape index (κ1) is 18.5. The van der Waals surface area contributed by atoms with Gasteiger partial charge in [-0.3, -0.25) is 4.79 Å². The molecule has 0 aliphatic heterocycles. The molecule has 0 aromatic heterocycles. The summed E-state index contributed by atoms with van der Waals surface area (Å²) in [4.78, 5) is 14.6. The van der Waals surface area contributed by atoms with Gasteiger partial charge in [-0.1, -0.05) is 31.8 Å². The van der Waals surface area contributed by atoms with Gasteiger partial charge in [0.05, 0.1) is 11.4 Å². The van der Waals surface area contributed by atoms with Crippen LogP contribution in [0.1, 0.15) is 43.0 Å². The monoisotopic (exact) mass is 348 g/mol. The van der Waals surface area contributed by atoms with E-state index in [4.69, 9.17) is 6.42 Å². The quantitative estimate of drug-likeness (QED) is 0.830. The lowest BCUT2D eigenvalue weighted by Gasteiger charge is -2.36. The highest BCUT2D eigenvalue weighted by Gasteiger charge is 2.28. The minimum Gasteiger partial charge on any atom is -0.338 e. The summed E-state index contributed by atoms with van der Waals surface area (Å²) < 4.78 is 26.6. The zero-order valence-corrected chi connectivity index (χ0v) is 15.0. The molecule has 1 fully saturated rings. The largest absolute Gasteiger partial charge is 0.338 e. The molecule has 2 rings (SSSR count). The summed E-state index contributed by atoms with van der Waals surface area (Å²) in [6, 6.07) is 6.29. The number of carbonyl (C=O) groups excluding carboxylic acids is 1. The molecule has 0 heterocycles. The van der Waals surface area contributed by atoms with Crippen LogP contribution >= 0.6 is 0 Å². The van der Waals surface area contributed by atoms with Crippen LogP contribution in [0.2, 0.25) is 0 Å². The minimum atomic E-state index is -3.70. The van der Waals surface area contributed by atoms with Crippen molar-refractivity contribution in [2.24, 2.45) is 5.92 Å². The van der Waals surface area contributed by atoms with Crippen molar-refractivity contribution in [3.63, 3.8) is 0 Å². The van der Waals surface area contributed by atoms with E-state index in [9.17, 15) is 13.2 Å². The molecule has 0 bridgehead atoms. The third kappa shape index (κ3) is 4.16. The topological polar surface area (TPSA) is 66.5 Å². The first-order valence-corrected chi connectivity index (χ1v) is 9.65. The lowest BCUT2D eigenvalue weighted by Crippen LogP contribution is -2.42.